The molecule has 0 saturated carbocycles. The lowest BCUT2D eigenvalue weighted by molar-refractivity contribution is 0.0716. The number of aromatic nitrogens is 2. The summed E-state index contributed by atoms with van der Waals surface area (Å²) >= 11 is 0. The zero-order valence-electron chi connectivity index (χ0n) is 17.7. The molecule has 5 heteroatoms. The molecule has 0 radical (unpaired) electrons. The van der Waals surface area contributed by atoms with Crippen molar-refractivity contribution in [2.75, 3.05) is 19.6 Å². The normalized spacial score (nSPS) is 19.2. The molecule has 1 fully saturated rings. The van der Waals surface area contributed by atoms with Gasteiger partial charge in [0.05, 0.1) is 0 Å². The summed E-state index contributed by atoms with van der Waals surface area (Å²) in [6.07, 6.45) is 8.79. The van der Waals surface area contributed by atoms with Crippen molar-refractivity contribution in [3.63, 3.8) is 0 Å². The van der Waals surface area contributed by atoms with Crippen LogP contribution in [-0.4, -0.2) is 46.3 Å². The first kappa shape index (κ1) is 20.1. The van der Waals surface area contributed by atoms with Gasteiger partial charge in [0.15, 0.2) is 5.69 Å². The third-order valence-electron chi connectivity index (χ3n) is 6.41. The number of benzene rings is 1. The number of piperidine rings is 1. The average Bonchev–Trinajstić information content (AvgIpc) is 3.15. The molecule has 1 amide bonds. The monoisotopic (exact) mass is 394 g/mol. The lowest BCUT2D eigenvalue weighted by atomic mass is 9.90. The van der Waals surface area contributed by atoms with Crippen LogP contribution in [0.5, 0.6) is 0 Å². The molecule has 0 spiro atoms. The maximum Gasteiger partial charge on any atom is 0.274 e. The Labute approximate surface area is 174 Å². The second-order valence-electron chi connectivity index (χ2n) is 8.43. The molecule has 5 nitrogen and oxygen atoms in total. The highest BCUT2D eigenvalue weighted by Gasteiger charge is 2.31. The largest absolute Gasteiger partial charge is 0.337 e. The van der Waals surface area contributed by atoms with Crippen LogP contribution in [0.4, 0.5) is 0 Å². The van der Waals surface area contributed by atoms with E-state index in [1.165, 1.54) is 23.2 Å². The zero-order valence-corrected chi connectivity index (χ0v) is 17.7. The Kier molecular flexibility index (Phi) is 6.65. The lowest BCUT2D eigenvalue weighted by Gasteiger charge is -2.27. The number of hydrogen-bond donors (Lipinski definition) is 1. The predicted octanol–water partition coefficient (Wildman–Crippen LogP) is 3.61. The summed E-state index contributed by atoms with van der Waals surface area (Å²) in [5.74, 6) is 0.151. The van der Waals surface area contributed by atoms with Gasteiger partial charge in [-0.15, -0.1) is 0 Å². The molecule has 0 bridgehead atoms. The Morgan fingerprint density at radius 2 is 1.97 bits per heavy atom. The summed E-state index contributed by atoms with van der Waals surface area (Å²) in [7, 11) is 0. The van der Waals surface area contributed by atoms with Crippen molar-refractivity contribution in [3.05, 3.63) is 52.8 Å². The number of nitrogens with one attached hydrogen (secondary N) is 1. The fourth-order valence-electron chi connectivity index (χ4n) is 4.79. The Bertz CT molecular complexity index is 808. The molecule has 2 aliphatic rings. The van der Waals surface area contributed by atoms with Crippen molar-refractivity contribution in [2.24, 2.45) is 0 Å². The predicted molar refractivity (Wildman–Crippen MR) is 116 cm³/mol. The Morgan fingerprint density at radius 3 is 2.72 bits per heavy atom. The van der Waals surface area contributed by atoms with Crippen LogP contribution in [0.1, 0.15) is 66.3 Å². The number of amides is 1. The molecule has 4 rings (SSSR count). The second kappa shape index (κ2) is 9.57. The maximum atomic E-state index is 13.2. The van der Waals surface area contributed by atoms with Crippen molar-refractivity contribution in [1.82, 2.24) is 20.0 Å². The van der Waals surface area contributed by atoms with Crippen LogP contribution >= 0.6 is 0 Å². The number of fused-ring (bicyclic) bond motifs is 1. The fraction of sp³-hybridized carbons (Fsp3) is 0.583. The minimum Gasteiger partial charge on any atom is -0.337 e. The molecule has 1 atom stereocenters. The summed E-state index contributed by atoms with van der Waals surface area (Å²) in [6, 6.07) is 11.1. The SMILES string of the molecule is CCn1nc(C(=O)N2CCCCC2)c2c1CCC(NCCCc1ccccc1)C2. The van der Waals surface area contributed by atoms with Crippen molar-refractivity contribution < 1.29 is 4.79 Å². The highest BCUT2D eigenvalue weighted by atomic mass is 16.2. The van der Waals surface area contributed by atoms with Gasteiger partial charge < -0.3 is 10.2 Å². The Balaban J connectivity index is 1.38. The van der Waals surface area contributed by atoms with Crippen LogP contribution in [0, 0.1) is 0 Å². The summed E-state index contributed by atoms with van der Waals surface area (Å²) in [4.78, 5) is 15.2. The van der Waals surface area contributed by atoms with Gasteiger partial charge in [-0.3, -0.25) is 9.48 Å². The van der Waals surface area contributed by atoms with Gasteiger partial charge in [0.2, 0.25) is 0 Å². The van der Waals surface area contributed by atoms with Crippen LogP contribution in [0.2, 0.25) is 0 Å². The number of nitrogens with zero attached hydrogens (tertiary/aromatic N) is 3. The molecule has 2 aromatic rings. The van der Waals surface area contributed by atoms with Gasteiger partial charge in [-0.1, -0.05) is 30.3 Å². The van der Waals surface area contributed by atoms with E-state index in [0.717, 1.165) is 76.8 Å². The summed E-state index contributed by atoms with van der Waals surface area (Å²) in [6.45, 7) is 5.74. The van der Waals surface area contributed by atoms with Gasteiger partial charge in [-0.05, 0) is 70.4 Å². The van der Waals surface area contributed by atoms with Crippen molar-refractivity contribution in [1.29, 1.82) is 0 Å². The minimum absolute atomic E-state index is 0.151. The molecule has 1 aliphatic carbocycles. The van der Waals surface area contributed by atoms with Crippen molar-refractivity contribution in [3.8, 4) is 0 Å². The average molecular weight is 395 g/mol. The topological polar surface area (TPSA) is 50.2 Å². The molecule has 29 heavy (non-hydrogen) atoms. The highest BCUT2D eigenvalue weighted by Crippen LogP contribution is 2.26. The Morgan fingerprint density at radius 1 is 1.17 bits per heavy atom. The van der Waals surface area contributed by atoms with E-state index in [-0.39, 0.29) is 5.91 Å². The summed E-state index contributed by atoms with van der Waals surface area (Å²) in [5, 5.41) is 8.50. The zero-order chi connectivity index (χ0) is 20.1. The highest BCUT2D eigenvalue weighted by molar-refractivity contribution is 5.94. The van der Waals surface area contributed by atoms with Crippen LogP contribution < -0.4 is 5.32 Å². The van der Waals surface area contributed by atoms with E-state index in [0.29, 0.717) is 6.04 Å². The van der Waals surface area contributed by atoms with Gasteiger partial charge >= 0.3 is 0 Å². The number of carbonyl (C=O) groups excluding carboxylic acids is 1. The molecule has 1 N–H and O–H groups in total. The first-order valence-corrected chi connectivity index (χ1v) is 11.4. The number of carbonyl (C=O) groups is 1. The lowest BCUT2D eigenvalue weighted by Crippen LogP contribution is -2.38. The standard InChI is InChI=1S/C24H34N4O/c1-2-28-22-14-13-20(25-15-9-12-19-10-5-3-6-11-19)18-21(22)23(26-28)24(29)27-16-7-4-8-17-27/h3,5-6,10-11,20,25H,2,4,7-9,12-18H2,1H3. The first-order valence-electron chi connectivity index (χ1n) is 11.4. The minimum atomic E-state index is 0.151. The summed E-state index contributed by atoms with van der Waals surface area (Å²) < 4.78 is 2.07. The number of rotatable bonds is 7. The summed E-state index contributed by atoms with van der Waals surface area (Å²) in [5.41, 5.74) is 4.61. The molecular formula is C24H34N4O. The molecular weight excluding hydrogens is 360 g/mol. The maximum absolute atomic E-state index is 13.2. The fourth-order valence-corrected chi connectivity index (χ4v) is 4.79. The van der Waals surface area contributed by atoms with Gasteiger partial charge in [0.1, 0.15) is 0 Å². The second-order valence-corrected chi connectivity index (χ2v) is 8.43. The first-order chi connectivity index (χ1) is 14.3. The molecule has 2 heterocycles. The van der Waals surface area contributed by atoms with Crippen LogP contribution in [0.15, 0.2) is 30.3 Å². The quantitative estimate of drug-likeness (QED) is 0.730. The van der Waals surface area contributed by atoms with E-state index < -0.39 is 0 Å². The van der Waals surface area contributed by atoms with Crippen molar-refractivity contribution in [2.45, 2.75) is 70.9 Å². The van der Waals surface area contributed by atoms with Crippen molar-refractivity contribution >= 4 is 5.91 Å². The third kappa shape index (κ3) is 4.72. The molecule has 1 aromatic heterocycles. The number of aryl methyl sites for hydroxylation is 2. The van der Waals surface area contributed by atoms with E-state index in [1.54, 1.807) is 0 Å². The molecule has 1 saturated heterocycles. The molecule has 1 unspecified atom stereocenters. The third-order valence-corrected chi connectivity index (χ3v) is 6.41. The van der Waals surface area contributed by atoms with E-state index in [2.05, 4.69) is 47.3 Å². The van der Waals surface area contributed by atoms with E-state index in [9.17, 15) is 4.79 Å². The van der Waals surface area contributed by atoms with E-state index in [1.807, 2.05) is 4.90 Å². The molecule has 1 aromatic carbocycles. The van der Waals surface area contributed by atoms with E-state index >= 15 is 0 Å². The molecule has 156 valence electrons. The Hall–Kier alpha value is -2.14. The van der Waals surface area contributed by atoms with E-state index in [4.69, 9.17) is 5.10 Å². The van der Waals surface area contributed by atoms with Gasteiger partial charge in [-0.2, -0.15) is 5.10 Å². The van der Waals surface area contributed by atoms with Crippen LogP contribution in [-0.2, 0) is 25.8 Å². The number of likely N-dealkylation sites (tertiary alicyclic amines) is 1. The van der Waals surface area contributed by atoms with Gasteiger partial charge in [0, 0.05) is 36.9 Å². The molecule has 1 aliphatic heterocycles. The van der Waals surface area contributed by atoms with Crippen LogP contribution in [0.3, 0.4) is 0 Å². The van der Waals surface area contributed by atoms with Gasteiger partial charge in [-0.25, -0.2) is 0 Å². The van der Waals surface area contributed by atoms with Gasteiger partial charge in [0.25, 0.3) is 5.91 Å². The number of hydrogen-bond acceptors (Lipinski definition) is 3. The smallest absolute Gasteiger partial charge is 0.274 e. The van der Waals surface area contributed by atoms with Crippen LogP contribution in [0.25, 0.3) is 0 Å².